The third-order valence-corrected chi connectivity index (χ3v) is 4.19. The summed E-state index contributed by atoms with van der Waals surface area (Å²) < 4.78 is 0. The molecule has 0 aliphatic carbocycles. The first-order chi connectivity index (χ1) is 11.6. The molecule has 1 amide bonds. The van der Waals surface area contributed by atoms with Gasteiger partial charge in [-0.05, 0) is 49.9 Å². The molecule has 0 unspecified atom stereocenters. The molecule has 4 nitrogen and oxygen atoms in total. The highest BCUT2D eigenvalue weighted by molar-refractivity contribution is 6.05. The smallest absolute Gasteiger partial charge is 0.257 e. The van der Waals surface area contributed by atoms with E-state index >= 15 is 0 Å². The van der Waals surface area contributed by atoms with Crippen LogP contribution in [0.25, 0.3) is 0 Å². The lowest BCUT2D eigenvalue weighted by atomic mass is 10.1. The lowest BCUT2D eigenvalue weighted by Crippen LogP contribution is -2.25. The fourth-order valence-corrected chi connectivity index (χ4v) is 2.72. The molecule has 2 aromatic rings. The highest BCUT2D eigenvalue weighted by atomic mass is 16.1. The molecular formula is C20H27N3O. The Balaban J connectivity index is 2.21. The van der Waals surface area contributed by atoms with E-state index in [0.29, 0.717) is 5.56 Å². The Kier molecular flexibility index (Phi) is 6.36. The molecule has 24 heavy (non-hydrogen) atoms. The maximum atomic E-state index is 12.6. The molecule has 0 saturated heterocycles. The van der Waals surface area contributed by atoms with Crippen LogP contribution in [0.15, 0.2) is 36.7 Å². The summed E-state index contributed by atoms with van der Waals surface area (Å²) in [7, 11) is 0. The van der Waals surface area contributed by atoms with Crippen LogP contribution in [-0.4, -0.2) is 24.0 Å². The summed E-state index contributed by atoms with van der Waals surface area (Å²) in [4.78, 5) is 19.1. The zero-order chi connectivity index (χ0) is 17.5. The number of nitrogens with zero attached hydrogens (tertiary/aromatic N) is 2. The van der Waals surface area contributed by atoms with Crippen molar-refractivity contribution in [1.29, 1.82) is 0 Å². The topological polar surface area (TPSA) is 45.2 Å². The average molecular weight is 325 g/mol. The van der Waals surface area contributed by atoms with E-state index in [0.717, 1.165) is 48.4 Å². The van der Waals surface area contributed by atoms with Crippen LogP contribution in [0.1, 0.15) is 48.2 Å². The van der Waals surface area contributed by atoms with Crippen molar-refractivity contribution in [3.8, 4) is 0 Å². The maximum absolute atomic E-state index is 12.6. The molecule has 1 N–H and O–H groups in total. The summed E-state index contributed by atoms with van der Waals surface area (Å²) in [6, 6.07) is 7.86. The van der Waals surface area contributed by atoms with Crippen molar-refractivity contribution in [1.82, 2.24) is 4.98 Å². The van der Waals surface area contributed by atoms with Gasteiger partial charge in [-0.25, -0.2) is 0 Å². The van der Waals surface area contributed by atoms with E-state index in [-0.39, 0.29) is 5.91 Å². The molecule has 0 bridgehead atoms. The molecule has 2 rings (SSSR count). The van der Waals surface area contributed by atoms with Gasteiger partial charge in [0.05, 0.1) is 17.4 Å². The number of amides is 1. The van der Waals surface area contributed by atoms with Crippen molar-refractivity contribution in [3.05, 3.63) is 53.3 Å². The molecule has 1 aromatic carbocycles. The van der Waals surface area contributed by atoms with E-state index in [2.05, 4.69) is 29.0 Å². The fraction of sp³-hybridized carbons (Fsp3) is 0.400. The number of rotatable bonds is 7. The van der Waals surface area contributed by atoms with Gasteiger partial charge in [-0.1, -0.05) is 26.0 Å². The monoisotopic (exact) mass is 325 g/mol. The fourth-order valence-electron chi connectivity index (χ4n) is 2.72. The Bertz CT molecular complexity index is 691. The van der Waals surface area contributed by atoms with Crippen LogP contribution in [0.4, 0.5) is 11.4 Å². The maximum Gasteiger partial charge on any atom is 0.257 e. The predicted molar refractivity (Wildman–Crippen MR) is 101 cm³/mol. The van der Waals surface area contributed by atoms with Crippen molar-refractivity contribution >= 4 is 17.3 Å². The van der Waals surface area contributed by atoms with Gasteiger partial charge in [-0.2, -0.15) is 0 Å². The van der Waals surface area contributed by atoms with Crippen molar-refractivity contribution in [2.45, 2.75) is 40.5 Å². The molecule has 128 valence electrons. The minimum atomic E-state index is -0.119. The molecule has 1 heterocycles. The molecule has 0 aliphatic heterocycles. The van der Waals surface area contributed by atoms with E-state index in [4.69, 9.17) is 0 Å². The van der Waals surface area contributed by atoms with Gasteiger partial charge in [0, 0.05) is 25.0 Å². The molecule has 0 radical (unpaired) electrons. The molecular weight excluding hydrogens is 298 g/mol. The van der Waals surface area contributed by atoms with Crippen LogP contribution < -0.4 is 10.2 Å². The van der Waals surface area contributed by atoms with Crippen molar-refractivity contribution in [2.24, 2.45) is 0 Å². The number of benzene rings is 1. The standard InChI is InChI=1S/C20H27N3O/c1-5-10-23(11-6-2)18-12-17(13-21-14-18)20(24)22-19-9-7-8-15(3)16(19)4/h7-9,12-14H,5-6,10-11H2,1-4H3,(H,22,24). The lowest BCUT2D eigenvalue weighted by molar-refractivity contribution is 0.102. The van der Waals surface area contributed by atoms with Crippen molar-refractivity contribution in [2.75, 3.05) is 23.3 Å². The minimum Gasteiger partial charge on any atom is -0.370 e. The van der Waals surface area contributed by atoms with Gasteiger partial charge >= 0.3 is 0 Å². The number of nitrogens with one attached hydrogen (secondary N) is 1. The summed E-state index contributed by atoms with van der Waals surface area (Å²) in [5.74, 6) is -0.119. The lowest BCUT2D eigenvalue weighted by Gasteiger charge is -2.23. The molecule has 0 fully saturated rings. The number of hydrogen-bond donors (Lipinski definition) is 1. The van der Waals surface area contributed by atoms with Gasteiger partial charge in [-0.15, -0.1) is 0 Å². The Labute approximate surface area is 144 Å². The second kappa shape index (κ2) is 8.48. The molecule has 0 atom stereocenters. The zero-order valence-corrected chi connectivity index (χ0v) is 15.1. The van der Waals surface area contributed by atoms with Crippen LogP contribution in [0.5, 0.6) is 0 Å². The second-order valence-electron chi connectivity index (χ2n) is 6.12. The van der Waals surface area contributed by atoms with Gasteiger partial charge < -0.3 is 10.2 Å². The summed E-state index contributed by atoms with van der Waals surface area (Å²) in [6.45, 7) is 10.3. The van der Waals surface area contributed by atoms with Crippen LogP contribution in [0, 0.1) is 13.8 Å². The number of aryl methyl sites for hydroxylation is 1. The highest BCUT2D eigenvalue weighted by Gasteiger charge is 2.12. The quantitative estimate of drug-likeness (QED) is 0.810. The number of pyridine rings is 1. The van der Waals surface area contributed by atoms with Crippen molar-refractivity contribution < 1.29 is 4.79 Å². The molecule has 1 aromatic heterocycles. The molecule has 0 aliphatic rings. The van der Waals surface area contributed by atoms with E-state index in [9.17, 15) is 4.79 Å². The number of anilines is 2. The van der Waals surface area contributed by atoms with Gasteiger partial charge in [0.1, 0.15) is 0 Å². The van der Waals surface area contributed by atoms with E-state index < -0.39 is 0 Å². The summed E-state index contributed by atoms with van der Waals surface area (Å²) in [5.41, 5.74) is 4.70. The molecule has 4 heteroatoms. The molecule has 0 saturated carbocycles. The first kappa shape index (κ1) is 18.0. The Morgan fingerprint density at radius 1 is 1.12 bits per heavy atom. The van der Waals surface area contributed by atoms with Crippen molar-refractivity contribution in [3.63, 3.8) is 0 Å². The largest absolute Gasteiger partial charge is 0.370 e. The number of aromatic nitrogens is 1. The highest BCUT2D eigenvalue weighted by Crippen LogP contribution is 2.20. The summed E-state index contributed by atoms with van der Waals surface area (Å²) >= 11 is 0. The Morgan fingerprint density at radius 2 is 1.83 bits per heavy atom. The first-order valence-electron chi connectivity index (χ1n) is 8.64. The third kappa shape index (κ3) is 4.34. The van der Waals surface area contributed by atoms with Gasteiger partial charge in [0.2, 0.25) is 0 Å². The Hall–Kier alpha value is -2.36. The average Bonchev–Trinajstić information content (AvgIpc) is 2.59. The van der Waals surface area contributed by atoms with Gasteiger partial charge in [0.25, 0.3) is 5.91 Å². The van der Waals surface area contributed by atoms with Gasteiger partial charge in [0.15, 0.2) is 0 Å². The van der Waals surface area contributed by atoms with Crippen LogP contribution in [0.2, 0.25) is 0 Å². The molecule has 0 spiro atoms. The van der Waals surface area contributed by atoms with E-state index in [1.54, 1.807) is 6.20 Å². The normalized spacial score (nSPS) is 10.5. The number of carbonyl (C=O) groups is 1. The second-order valence-corrected chi connectivity index (χ2v) is 6.12. The van der Waals surface area contributed by atoms with Crippen LogP contribution in [0.3, 0.4) is 0 Å². The SMILES string of the molecule is CCCN(CCC)c1cncc(C(=O)Nc2cccc(C)c2C)c1. The Morgan fingerprint density at radius 3 is 2.50 bits per heavy atom. The van der Waals surface area contributed by atoms with E-state index in [1.165, 1.54) is 0 Å². The number of carbonyl (C=O) groups excluding carboxylic acids is 1. The summed E-state index contributed by atoms with van der Waals surface area (Å²) in [6.07, 6.45) is 5.60. The summed E-state index contributed by atoms with van der Waals surface area (Å²) in [5, 5.41) is 3.00. The van der Waals surface area contributed by atoms with Crippen LogP contribution >= 0.6 is 0 Å². The van der Waals surface area contributed by atoms with Gasteiger partial charge in [-0.3, -0.25) is 9.78 Å². The van der Waals surface area contributed by atoms with E-state index in [1.807, 2.05) is 44.3 Å². The minimum absolute atomic E-state index is 0.119. The van der Waals surface area contributed by atoms with Crippen LogP contribution in [-0.2, 0) is 0 Å². The number of hydrogen-bond acceptors (Lipinski definition) is 3. The third-order valence-electron chi connectivity index (χ3n) is 4.19. The first-order valence-corrected chi connectivity index (χ1v) is 8.64. The zero-order valence-electron chi connectivity index (χ0n) is 15.1. The predicted octanol–water partition coefficient (Wildman–Crippen LogP) is 4.58.